The van der Waals surface area contributed by atoms with E-state index in [-0.39, 0.29) is 18.8 Å². The molecule has 2 heterocycles. The molecule has 6 nitrogen and oxygen atoms in total. The topological polar surface area (TPSA) is 64.4 Å². The van der Waals surface area contributed by atoms with Crippen molar-refractivity contribution in [3.63, 3.8) is 0 Å². The predicted molar refractivity (Wildman–Crippen MR) is 99.1 cm³/mol. The van der Waals surface area contributed by atoms with Crippen LogP contribution in [0.3, 0.4) is 0 Å². The Bertz CT molecular complexity index is 964. The summed E-state index contributed by atoms with van der Waals surface area (Å²) < 4.78 is 46.9. The van der Waals surface area contributed by atoms with Crippen LogP contribution in [0.25, 0.3) is 5.69 Å². The number of fused-ring (bicyclic) bond motifs is 1. The van der Waals surface area contributed by atoms with Gasteiger partial charge in [-0.3, -0.25) is 4.79 Å². The summed E-state index contributed by atoms with van der Waals surface area (Å²) in [5, 5.41) is 2.54. The summed E-state index contributed by atoms with van der Waals surface area (Å²) in [6.45, 7) is 5.75. The summed E-state index contributed by atoms with van der Waals surface area (Å²) in [7, 11) is 0. The molecule has 1 aliphatic heterocycles. The number of alkyl halides is 3. The maximum absolute atomic E-state index is 13.6. The molecule has 0 bridgehead atoms. The van der Waals surface area contributed by atoms with Crippen molar-refractivity contribution in [2.75, 3.05) is 6.54 Å². The van der Waals surface area contributed by atoms with Gasteiger partial charge >= 0.3 is 12.3 Å². The van der Waals surface area contributed by atoms with Gasteiger partial charge in [0.2, 0.25) is 0 Å². The van der Waals surface area contributed by atoms with Crippen LogP contribution in [-0.4, -0.2) is 38.2 Å². The minimum Gasteiger partial charge on any atom is -0.444 e. The number of hydrogen-bond acceptors (Lipinski definition) is 4. The average molecular weight is 430 g/mol. The molecule has 1 amide bonds. The molecule has 0 radical (unpaired) electrons. The monoisotopic (exact) mass is 429 g/mol. The minimum absolute atomic E-state index is 0.196. The van der Waals surface area contributed by atoms with Crippen molar-refractivity contribution in [3.05, 3.63) is 46.8 Å². The fourth-order valence-corrected chi connectivity index (χ4v) is 3.36. The third kappa shape index (κ3) is 4.39. The summed E-state index contributed by atoms with van der Waals surface area (Å²) in [6, 6.07) is 4.81. The van der Waals surface area contributed by atoms with Crippen LogP contribution in [0.2, 0.25) is 0 Å². The second-order valence-corrected chi connectivity index (χ2v) is 8.00. The molecule has 0 unspecified atom stereocenters. The quantitative estimate of drug-likeness (QED) is 0.656. The van der Waals surface area contributed by atoms with Gasteiger partial charge < -0.3 is 9.64 Å². The van der Waals surface area contributed by atoms with E-state index in [1.165, 1.54) is 11.0 Å². The van der Waals surface area contributed by atoms with Gasteiger partial charge in [0.1, 0.15) is 5.60 Å². The Morgan fingerprint density at radius 1 is 1.21 bits per heavy atom. The normalized spacial score (nSPS) is 14.5. The smallest absolute Gasteiger partial charge is 0.434 e. The van der Waals surface area contributed by atoms with Gasteiger partial charge in [0.25, 0.3) is 5.24 Å². The molecule has 10 heteroatoms. The lowest BCUT2D eigenvalue weighted by atomic mass is 9.98. The Hall–Kier alpha value is -2.55. The fraction of sp³-hybridized carbons (Fsp3) is 0.421. The number of ether oxygens (including phenoxy) is 1. The van der Waals surface area contributed by atoms with E-state index < -0.39 is 34.4 Å². The highest BCUT2D eigenvalue weighted by Crippen LogP contribution is 2.36. The van der Waals surface area contributed by atoms with Gasteiger partial charge in [-0.15, -0.1) is 0 Å². The highest BCUT2D eigenvalue weighted by atomic mass is 35.5. The number of amides is 1. The Labute approximate surface area is 170 Å². The van der Waals surface area contributed by atoms with Crippen LogP contribution in [0.5, 0.6) is 0 Å². The molecule has 3 rings (SSSR count). The second kappa shape index (κ2) is 7.37. The molecule has 0 N–H and O–H groups in total. The molecule has 0 saturated heterocycles. The van der Waals surface area contributed by atoms with Crippen LogP contribution < -0.4 is 0 Å². The van der Waals surface area contributed by atoms with E-state index in [0.29, 0.717) is 22.2 Å². The van der Waals surface area contributed by atoms with Gasteiger partial charge in [-0.1, -0.05) is 12.1 Å². The van der Waals surface area contributed by atoms with Crippen LogP contribution in [0, 0.1) is 0 Å². The summed E-state index contributed by atoms with van der Waals surface area (Å²) in [5.41, 5.74) is -1.08. The van der Waals surface area contributed by atoms with Crippen LogP contribution in [0.4, 0.5) is 18.0 Å². The van der Waals surface area contributed by atoms with Crippen molar-refractivity contribution < 1.29 is 27.5 Å². The zero-order valence-corrected chi connectivity index (χ0v) is 16.8. The summed E-state index contributed by atoms with van der Waals surface area (Å²) in [6.07, 6.45) is -4.19. The summed E-state index contributed by atoms with van der Waals surface area (Å²) in [5.74, 6) is 0. The zero-order valence-electron chi connectivity index (χ0n) is 16.0. The number of benzene rings is 1. The molecule has 0 spiro atoms. The molecule has 0 aliphatic carbocycles. The number of nitrogens with zero attached hydrogens (tertiary/aromatic N) is 3. The standard InChI is InChI=1S/C19H19ClF3N3O3/c1-18(2,3)29-17(28)25-8-7-12-11(10-25)5-4-6-14(12)26-15(19(21,22)23)13(9-24-26)16(20)27/h4-6,9H,7-8,10H2,1-3H3. The van der Waals surface area contributed by atoms with Crippen molar-refractivity contribution in [1.82, 2.24) is 14.7 Å². The molecule has 29 heavy (non-hydrogen) atoms. The number of halogens is 4. The van der Waals surface area contributed by atoms with Crippen LogP contribution >= 0.6 is 11.6 Å². The molecule has 1 aromatic heterocycles. The van der Waals surface area contributed by atoms with Gasteiger partial charge in [0, 0.05) is 13.1 Å². The van der Waals surface area contributed by atoms with Crippen LogP contribution in [-0.2, 0) is 23.9 Å². The number of carbonyl (C=O) groups excluding carboxylic acids is 2. The van der Waals surface area contributed by atoms with E-state index in [0.717, 1.165) is 6.20 Å². The lowest BCUT2D eigenvalue weighted by molar-refractivity contribution is -0.143. The summed E-state index contributed by atoms with van der Waals surface area (Å²) in [4.78, 5) is 25.3. The molecule has 0 fully saturated rings. The highest BCUT2D eigenvalue weighted by Gasteiger charge is 2.41. The zero-order chi connectivity index (χ0) is 21.6. The molecule has 1 aliphatic rings. The summed E-state index contributed by atoms with van der Waals surface area (Å²) >= 11 is 5.31. The van der Waals surface area contributed by atoms with Crippen LogP contribution in [0.15, 0.2) is 24.4 Å². The molecule has 0 atom stereocenters. The van der Waals surface area contributed by atoms with Crippen molar-refractivity contribution in [2.45, 2.75) is 45.5 Å². The second-order valence-electron chi connectivity index (χ2n) is 7.66. The minimum atomic E-state index is -4.82. The molecular weight excluding hydrogens is 411 g/mol. The average Bonchev–Trinajstić information content (AvgIpc) is 3.04. The van der Waals surface area contributed by atoms with Crippen molar-refractivity contribution in [1.29, 1.82) is 0 Å². The van der Waals surface area contributed by atoms with Crippen molar-refractivity contribution in [2.24, 2.45) is 0 Å². The van der Waals surface area contributed by atoms with E-state index in [4.69, 9.17) is 16.3 Å². The third-order valence-corrected chi connectivity index (χ3v) is 4.57. The molecule has 156 valence electrons. The highest BCUT2D eigenvalue weighted by molar-refractivity contribution is 6.67. The molecule has 0 saturated carbocycles. The van der Waals surface area contributed by atoms with Crippen LogP contribution in [0.1, 0.15) is 48.0 Å². The SMILES string of the molecule is CC(C)(C)OC(=O)N1CCc2c(cccc2-n2ncc(C(=O)Cl)c2C(F)(F)F)C1. The van der Waals surface area contributed by atoms with Crippen molar-refractivity contribution in [3.8, 4) is 5.69 Å². The Kier molecular flexibility index (Phi) is 5.38. The first-order valence-electron chi connectivity index (χ1n) is 8.82. The number of rotatable bonds is 2. The van der Waals surface area contributed by atoms with Gasteiger partial charge in [0.05, 0.1) is 17.4 Å². The van der Waals surface area contributed by atoms with Gasteiger partial charge in [-0.05, 0) is 56.0 Å². The lowest BCUT2D eigenvalue weighted by Gasteiger charge is -2.32. The van der Waals surface area contributed by atoms with Crippen molar-refractivity contribution >= 4 is 22.9 Å². The maximum atomic E-state index is 13.6. The first kappa shape index (κ1) is 21.2. The maximum Gasteiger partial charge on any atom is 0.434 e. The van der Waals surface area contributed by atoms with E-state index in [2.05, 4.69) is 5.10 Å². The number of aromatic nitrogens is 2. The lowest BCUT2D eigenvalue weighted by Crippen LogP contribution is -2.40. The molecule has 1 aromatic carbocycles. The Morgan fingerprint density at radius 2 is 1.90 bits per heavy atom. The van der Waals surface area contributed by atoms with E-state index in [9.17, 15) is 22.8 Å². The first-order chi connectivity index (χ1) is 13.4. The largest absolute Gasteiger partial charge is 0.444 e. The van der Waals surface area contributed by atoms with E-state index in [1.807, 2.05) is 0 Å². The Morgan fingerprint density at radius 3 is 2.48 bits per heavy atom. The molecule has 2 aromatic rings. The molecular formula is C19H19ClF3N3O3. The number of carbonyl (C=O) groups is 2. The first-order valence-corrected chi connectivity index (χ1v) is 9.20. The fourth-order valence-electron chi connectivity index (χ4n) is 3.22. The van der Waals surface area contributed by atoms with Gasteiger partial charge in [0.15, 0.2) is 5.69 Å². The predicted octanol–water partition coefficient (Wildman–Crippen LogP) is 4.56. The third-order valence-electron chi connectivity index (χ3n) is 4.37. The van der Waals surface area contributed by atoms with E-state index >= 15 is 0 Å². The van der Waals surface area contributed by atoms with Gasteiger partial charge in [-0.2, -0.15) is 18.3 Å². The number of hydrogen-bond donors (Lipinski definition) is 0. The van der Waals surface area contributed by atoms with E-state index in [1.54, 1.807) is 32.9 Å². The Balaban J connectivity index is 2.00. The van der Waals surface area contributed by atoms with Gasteiger partial charge in [-0.25, -0.2) is 9.48 Å².